The van der Waals surface area contributed by atoms with Crippen LogP contribution in [0.15, 0.2) is 36.4 Å². The molecule has 0 aliphatic rings. The van der Waals surface area contributed by atoms with E-state index in [1.165, 1.54) is 24.3 Å². The van der Waals surface area contributed by atoms with Gasteiger partial charge in [-0.2, -0.15) is 0 Å². The zero-order chi connectivity index (χ0) is 21.2. The molecule has 0 aliphatic heterocycles. The Morgan fingerprint density at radius 1 is 0.500 bits per heavy atom. The average Bonchev–Trinajstić information content (AvgIpc) is 2.69. The molecule has 0 radical (unpaired) electrons. The number of rotatable bonds is 1. The van der Waals surface area contributed by atoms with Gasteiger partial charge in [0.25, 0.3) is 0 Å². The largest absolute Gasteiger partial charge is 0.394 e. The van der Waals surface area contributed by atoms with Gasteiger partial charge in [-0.05, 0) is 5.56 Å². The maximum absolute atomic E-state index is 13.5. The van der Waals surface area contributed by atoms with Crippen LogP contribution >= 0.6 is 0 Å². The summed E-state index contributed by atoms with van der Waals surface area (Å²) < 4.78 is 102. The van der Waals surface area contributed by atoms with Gasteiger partial charge in [-0.25, -0.2) is 35.1 Å². The second kappa shape index (κ2) is 8.15. The van der Waals surface area contributed by atoms with Crippen LogP contribution in [0.3, 0.4) is 0 Å². The summed E-state index contributed by atoms with van der Waals surface area (Å²) in [5.41, 5.74) is 6.55. The van der Waals surface area contributed by atoms with Gasteiger partial charge >= 0.3 is 0 Å². The highest BCUT2D eigenvalue weighted by atomic mass is 19.2. The van der Waals surface area contributed by atoms with Crippen LogP contribution in [0.5, 0.6) is 0 Å². The van der Waals surface area contributed by atoms with E-state index in [1.807, 2.05) is 0 Å². The first-order valence-electron chi connectivity index (χ1n) is 7.33. The van der Waals surface area contributed by atoms with Crippen molar-refractivity contribution in [3.05, 3.63) is 82.9 Å². The van der Waals surface area contributed by atoms with Gasteiger partial charge in [0.15, 0.2) is 46.5 Å². The number of nitrogens with two attached hydrogens (primary N) is 2. The van der Waals surface area contributed by atoms with Gasteiger partial charge in [0.1, 0.15) is 11.4 Å². The molecule has 0 atom stereocenters. The first kappa shape index (κ1) is 21.0. The van der Waals surface area contributed by atoms with Gasteiger partial charge in [-0.3, -0.25) is 0 Å². The van der Waals surface area contributed by atoms with Crippen molar-refractivity contribution in [3.63, 3.8) is 0 Å². The highest BCUT2D eigenvalue weighted by Crippen LogP contribution is 2.32. The van der Waals surface area contributed by atoms with Crippen LogP contribution in [0.1, 0.15) is 0 Å². The van der Waals surface area contributed by atoms with Gasteiger partial charge in [0, 0.05) is 6.07 Å². The molecule has 10 heteroatoms. The lowest BCUT2D eigenvalue weighted by Crippen LogP contribution is -2.05. The van der Waals surface area contributed by atoms with Crippen LogP contribution in [0, 0.1) is 46.5 Å². The zero-order valence-electron chi connectivity index (χ0n) is 13.6. The van der Waals surface area contributed by atoms with E-state index in [1.54, 1.807) is 6.07 Å². The number of anilines is 2. The topological polar surface area (TPSA) is 52.0 Å². The van der Waals surface area contributed by atoms with E-state index >= 15 is 0 Å². The van der Waals surface area contributed by atoms with Crippen LogP contribution in [0.4, 0.5) is 46.5 Å². The Kier molecular flexibility index (Phi) is 6.12. The molecule has 4 N–H and O–H groups in total. The van der Waals surface area contributed by atoms with E-state index in [4.69, 9.17) is 5.73 Å². The summed E-state index contributed by atoms with van der Waals surface area (Å²) in [7, 11) is 0. The fourth-order valence-electron chi connectivity index (χ4n) is 2.10. The fraction of sp³-hybridized carbons (Fsp3) is 0. The maximum atomic E-state index is 13.5. The molecule has 0 saturated carbocycles. The Bertz CT molecular complexity index is 967. The second-order valence-corrected chi connectivity index (χ2v) is 5.29. The van der Waals surface area contributed by atoms with Crippen LogP contribution in [-0.2, 0) is 0 Å². The van der Waals surface area contributed by atoms with Crippen molar-refractivity contribution in [2.75, 3.05) is 11.5 Å². The highest BCUT2D eigenvalue weighted by Gasteiger charge is 2.24. The molecule has 3 rings (SSSR count). The fourth-order valence-corrected chi connectivity index (χ4v) is 2.10. The van der Waals surface area contributed by atoms with Crippen molar-refractivity contribution in [3.8, 4) is 11.1 Å². The molecule has 0 aromatic heterocycles. The lowest BCUT2D eigenvalue weighted by Gasteiger charge is -2.09. The molecule has 0 aliphatic carbocycles. The first-order chi connectivity index (χ1) is 13.1. The number of hydrogen-bond donors (Lipinski definition) is 2. The van der Waals surface area contributed by atoms with Crippen molar-refractivity contribution in [1.29, 1.82) is 0 Å². The van der Waals surface area contributed by atoms with Crippen LogP contribution in [0.2, 0.25) is 0 Å². The molecular weight excluding hydrogens is 396 g/mol. The van der Waals surface area contributed by atoms with Gasteiger partial charge in [0.05, 0.1) is 5.56 Å². The average molecular weight is 406 g/mol. The third-order valence-electron chi connectivity index (χ3n) is 3.51. The molecule has 0 heterocycles. The Hall–Kier alpha value is -3.30. The van der Waals surface area contributed by atoms with Gasteiger partial charge in [-0.1, -0.05) is 30.3 Å². The molecule has 3 aromatic carbocycles. The number of nitrogen functional groups attached to an aromatic ring is 2. The minimum atomic E-state index is -1.58. The molecule has 0 spiro atoms. The monoisotopic (exact) mass is 406 g/mol. The minimum Gasteiger partial charge on any atom is -0.394 e. The van der Waals surface area contributed by atoms with Crippen LogP contribution in [-0.4, -0.2) is 0 Å². The van der Waals surface area contributed by atoms with E-state index in [-0.39, 0.29) is 11.6 Å². The van der Waals surface area contributed by atoms with Gasteiger partial charge in [-0.15, -0.1) is 0 Å². The third kappa shape index (κ3) is 3.85. The molecule has 0 saturated heterocycles. The molecule has 148 valence electrons. The maximum Gasteiger partial charge on any atom is 0.185 e. The van der Waals surface area contributed by atoms with Crippen LogP contribution < -0.4 is 11.5 Å². The molecule has 3 aromatic rings. The Labute approximate surface area is 153 Å². The third-order valence-corrected chi connectivity index (χ3v) is 3.51. The van der Waals surface area contributed by atoms with Crippen molar-refractivity contribution >= 4 is 11.4 Å². The van der Waals surface area contributed by atoms with E-state index in [0.29, 0.717) is 0 Å². The summed E-state index contributed by atoms with van der Waals surface area (Å²) in [6, 6.07) is 7.40. The lowest BCUT2D eigenvalue weighted by molar-refractivity contribution is 0.460. The first-order valence-corrected chi connectivity index (χ1v) is 7.33. The van der Waals surface area contributed by atoms with Gasteiger partial charge in [0.2, 0.25) is 0 Å². The quantitative estimate of drug-likeness (QED) is 0.327. The Balaban J connectivity index is 0.000000221. The second-order valence-electron chi connectivity index (χ2n) is 5.29. The standard InChI is InChI=1S/C12H7F4N.C6H3F4N/c13-8-7(6-4-2-1-3-5-6)9(14)11(16)12(17)10(8)15;7-2-1-3(8)5(10)6(11)4(2)9/h1-5H,17H2;1H,11H2. The van der Waals surface area contributed by atoms with Crippen LogP contribution in [0.25, 0.3) is 11.1 Å². The molecular formula is C18H10F8N2. The predicted octanol–water partition coefficient (Wildman–Crippen LogP) is 5.32. The summed E-state index contributed by atoms with van der Waals surface area (Å²) in [6.07, 6.45) is 0. The van der Waals surface area contributed by atoms with E-state index in [0.717, 1.165) is 0 Å². The Morgan fingerprint density at radius 2 is 0.893 bits per heavy atom. The zero-order valence-corrected chi connectivity index (χ0v) is 13.6. The van der Waals surface area contributed by atoms with Crippen molar-refractivity contribution in [1.82, 2.24) is 0 Å². The van der Waals surface area contributed by atoms with E-state index in [2.05, 4.69) is 5.73 Å². The number of halogens is 8. The summed E-state index contributed by atoms with van der Waals surface area (Å²) in [5, 5.41) is 0. The summed E-state index contributed by atoms with van der Waals surface area (Å²) in [5.74, 6) is -12.3. The number of hydrogen-bond acceptors (Lipinski definition) is 2. The summed E-state index contributed by atoms with van der Waals surface area (Å²) >= 11 is 0. The highest BCUT2D eigenvalue weighted by molar-refractivity contribution is 5.68. The van der Waals surface area contributed by atoms with E-state index in [9.17, 15) is 35.1 Å². The smallest absolute Gasteiger partial charge is 0.185 e. The molecule has 0 amide bonds. The lowest BCUT2D eigenvalue weighted by atomic mass is 10.0. The van der Waals surface area contributed by atoms with E-state index < -0.39 is 63.5 Å². The molecule has 0 fully saturated rings. The minimum absolute atomic E-state index is 0.0419. The van der Waals surface area contributed by atoms with Crippen molar-refractivity contribution in [2.24, 2.45) is 0 Å². The molecule has 0 unspecified atom stereocenters. The summed E-state index contributed by atoms with van der Waals surface area (Å²) in [4.78, 5) is 0. The van der Waals surface area contributed by atoms with Gasteiger partial charge < -0.3 is 11.5 Å². The molecule has 0 bridgehead atoms. The van der Waals surface area contributed by atoms with Crippen molar-refractivity contribution < 1.29 is 35.1 Å². The SMILES string of the molecule is Nc1c(F)c(F)c(-c2ccccc2)c(F)c1F.Nc1c(F)c(F)cc(F)c1F. The summed E-state index contributed by atoms with van der Waals surface area (Å²) in [6.45, 7) is 0. The number of benzene rings is 3. The normalized spacial score (nSPS) is 10.4. The Morgan fingerprint density at radius 3 is 1.32 bits per heavy atom. The molecule has 28 heavy (non-hydrogen) atoms. The molecule has 2 nitrogen and oxygen atoms in total. The van der Waals surface area contributed by atoms with Crippen molar-refractivity contribution in [2.45, 2.75) is 0 Å². The predicted molar refractivity (Wildman–Crippen MR) is 86.8 cm³/mol.